The van der Waals surface area contributed by atoms with Gasteiger partial charge in [-0.3, -0.25) is 4.79 Å². The lowest BCUT2D eigenvalue weighted by molar-refractivity contribution is -0.118. The number of rotatable bonds is 6. The molecule has 1 heterocycles. The fraction of sp³-hybridized carbons (Fsp3) is 0.478. The maximum Gasteiger partial charge on any atom is 0.341 e. The van der Waals surface area contributed by atoms with Crippen LogP contribution in [0.15, 0.2) is 18.2 Å². The Morgan fingerprint density at radius 1 is 1.31 bits per heavy atom. The van der Waals surface area contributed by atoms with Gasteiger partial charge in [-0.1, -0.05) is 26.8 Å². The van der Waals surface area contributed by atoms with Crippen molar-refractivity contribution in [3.05, 3.63) is 45.3 Å². The summed E-state index contributed by atoms with van der Waals surface area (Å²) in [6.45, 7) is 8.44. The van der Waals surface area contributed by atoms with E-state index in [0.717, 1.165) is 30.4 Å². The first-order valence-electron chi connectivity index (χ1n) is 10.1. The monoisotopic (exact) mass is 415 g/mol. The molecule has 0 bridgehead atoms. The number of benzene rings is 1. The Balaban J connectivity index is 1.71. The topological polar surface area (TPSA) is 64.6 Å². The lowest BCUT2D eigenvalue weighted by Crippen LogP contribution is -2.21. The summed E-state index contributed by atoms with van der Waals surface area (Å²) in [4.78, 5) is 26.0. The van der Waals surface area contributed by atoms with E-state index in [-0.39, 0.29) is 12.5 Å². The van der Waals surface area contributed by atoms with Gasteiger partial charge in [0.15, 0.2) is 6.61 Å². The second-order valence-electron chi connectivity index (χ2n) is 8.06. The highest BCUT2D eigenvalue weighted by atomic mass is 32.1. The van der Waals surface area contributed by atoms with Crippen molar-refractivity contribution in [3.63, 3.8) is 0 Å². The second kappa shape index (κ2) is 8.99. The molecule has 5 nitrogen and oxygen atoms in total. The van der Waals surface area contributed by atoms with Crippen LogP contribution in [-0.4, -0.2) is 25.6 Å². The molecule has 0 unspecified atom stereocenters. The first-order valence-corrected chi connectivity index (χ1v) is 10.9. The molecule has 156 valence electrons. The Bertz CT molecular complexity index is 916. The SMILES string of the molecule is COC(=O)c1c(NC(=O)COc2ccc(C(C)C)c(C)c2)sc2c1CC[C@H](C)C2. The minimum Gasteiger partial charge on any atom is -0.484 e. The van der Waals surface area contributed by atoms with E-state index in [1.54, 1.807) is 0 Å². The minimum absolute atomic E-state index is 0.111. The molecular weight excluding hydrogens is 386 g/mol. The standard InChI is InChI=1S/C23H29NO4S/c1-13(2)17-9-7-16(11-15(17)4)28-12-20(25)24-22-21(23(26)27-5)18-8-6-14(3)10-19(18)29-22/h7,9,11,13-14H,6,8,10,12H2,1-5H3,(H,24,25)/t14-/m0/s1. The number of ether oxygens (including phenoxy) is 2. The smallest absolute Gasteiger partial charge is 0.341 e. The fourth-order valence-electron chi connectivity index (χ4n) is 3.85. The zero-order valence-corrected chi connectivity index (χ0v) is 18.6. The second-order valence-corrected chi connectivity index (χ2v) is 9.16. The van der Waals surface area contributed by atoms with E-state index in [4.69, 9.17) is 9.47 Å². The Hall–Kier alpha value is -2.34. The third-order valence-corrected chi connectivity index (χ3v) is 6.56. The van der Waals surface area contributed by atoms with E-state index in [1.165, 1.54) is 28.9 Å². The molecule has 1 aliphatic carbocycles. The van der Waals surface area contributed by atoms with Crippen LogP contribution in [-0.2, 0) is 22.4 Å². The van der Waals surface area contributed by atoms with Gasteiger partial charge in [0.1, 0.15) is 10.8 Å². The molecule has 0 aliphatic heterocycles. The maximum absolute atomic E-state index is 12.5. The quantitative estimate of drug-likeness (QED) is 0.666. The van der Waals surface area contributed by atoms with Crippen LogP contribution in [0.5, 0.6) is 5.75 Å². The van der Waals surface area contributed by atoms with Gasteiger partial charge in [-0.25, -0.2) is 4.79 Å². The highest BCUT2D eigenvalue weighted by molar-refractivity contribution is 7.17. The number of hydrogen-bond donors (Lipinski definition) is 1. The number of nitrogens with one attached hydrogen (secondary N) is 1. The number of fused-ring (bicyclic) bond motifs is 1. The lowest BCUT2D eigenvalue weighted by atomic mass is 9.88. The van der Waals surface area contributed by atoms with E-state index < -0.39 is 5.97 Å². The Morgan fingerprint density at radius 3 is 2.72 bits per heavy atom. The predicted molar refractivity (Wildman–Crippen MR) is 116 cm³/mol. The van der Waals surface area contributed by atoms with Crippen LogP contribution in [0.1, 0.15) is 65.0 Å². The Labute approximate surface area is 176 Å². The summed E-state index contributed by atoms with van der Waals surface area (Å²) >= 11 is 1.48. The van der Waals surface area contributed by atoms with Gasteiger partial charge in [0.25, 0.3) is 5.91 Å². The summed E-state index contributed by atoms with van der Waals surface area (Å²) in [6, 6.07) is 5.88. The average molecular weight is 416 g/mol. The molecule has 0 saturated carbocycles. The largest absolute Gasteiger partial charge is 0.484 e. The molecule has 6 heteroatoms. The summed E-state index contributed by atoms with van der Waals surface area (Å²) in [7, 11) is 1.37. The average Bonchev–Trinajstić information content (AvgIpc) is 3.02. The summed E-state index contributed by atoms with van der Waals surface area (Å²) in [6.07, 6.45) is 2.80. The molecule has 0 spiro atoms. The van der Waals surface area contributed by atoms with Crippen molar-refractivity contribution in [3.8, 4) is 5.75 Å². The number of aryl methyl sites for hydroxylation is 1. The summed E-state index contributed by atoms with van der Waals surface area (Å²) < 4.78 is 10.6. The van der Waals surface area contributed by atoms with Crippen molar-refractivity contribution in [1.82, 2.24) is 0 Å². The van der Waals surface area contributed by atoms with Crippen molar-refractivity contribution in [2.24, 2.45) is 5.92 Å². The predicted octanol–water partition coefficient (Wildman–Crippen LogP) is 5.11. The first kappa shape index (κ1) is 21.4. The van der Waals surface area contributed by atoms with Crippen LogP contribution in [0.25, 0.3) is 0 Å². The molecule has 29 heavy (non-hydrogen) atoms. The van der Waals surface area contributed by atoms with Crippen LogP contribution in [0.3, 0.4) is 0 Å². The number of carbonyl (C=O) groups excluding carboxylic acids is 2. The molecular formula is C23H29NO4S. The maximum atomic E-state index is 12.5. The lowest BCUT2D eigenvalue weighted by Gasteiger charge is -2.18. The summed E-state index contributed by atoms with van der Waals surface area (Å²) in [5.74, 6) is 1.00. The van der Waals surface area contributed by atoms with Crippen LogP contribution < -0.4 is 10.1 Å². The van der Waals surface area contributed by atoms with Gasteiger partial charge in [0.2, 0.25) is 0 Å². The molecule has 1 aromatic heterocycles. The van der Waals surface area contributed by atoms with Gasteiger partial charge in [-0.15, -0.1) is 11.3 Å². The van der Waals surface area contributed by atoms with E-state index in [1.807, 2.05) is 25.1 Å². The van der Waals surface area contributed by atoms with Crippen LogP contribution in [0.4, 0.5) is 5.00 Å². The number of methoxy groups -OCH3 is 1. The van der Waals surface area contributed by atoms with E-state index in [2.05, 4.69) is 26.1 Å². The number of hydrogen-bond acceptors (Lipinski definition) is 5. The highest BCUT2D eigenvalue weighted by Crippen LogP contribution is 2.40. The van der Waals surface area contributed by atoms with Crippen LogP contribution in [0.2, 0.25) is 0 Å². The van der Waals surface area contributed by atoms with Crippen molar-refractivity contribution in [2.75, 3.05) is 19.0 Å². The molecule has 2 aromatic rings. The van der Waals surface area contributed by atoms with Gasteiger partial charge in [0.05, 0.1) is 12.7 Å². The Kier molecular flexibility index (Phi) is 6.63. The number of carbonyl (C=O) groups is 2. The van der Waals surface area contributed by atoms with E-state index in [0.29, 0.717) is 28.1 Å². The van der Waals surface area contributed by atoms with Crippen molar-refractivity contribution in [2.45, 2.75) is 52.9 Å². The van der Waals surface area contributed by atoms with Crippen molar-refractivity contribution < 1.29 is 19.1 Å². The van der Waals surface area contributed by atoms with Crippen LogP contribution >= 0.6 is 11.3 Å². The van der Waals surface area contributed by atoms with Gasteiger partial charge in [-0.05, 0) is 66.8 Å². The molecule has 1 N–H and O–H groups in total. The molecule has 1 atom stereocenters. The highest BCUT2D eigenvalue weighted by Gasteiger charge is 2.28. The third kappa shape index (κ3) is 4.81. The fourth-order valence-corrected chi connectivity index (χ4v) is 5.27. The summed E-state index contributed by atoms with van der Waals surface area (Å²) in [5, 5.41) is 3.43. The molecule has 0 saturated heterocycles. The Morgan fingerprint density at radius 2 is 2.07 bits per heavy atom. The van der Waals surface area contributed by atoms with E-state index >= 15 is 0 Å². The van der Waals surface area contributed by atoms with Crippen molar-refractivity contribution in [1.29, 1.82) is 0 Å². The van der Waals surface area contributed by atoms with Crippen LogP contribution in [0, 0.1) is 12.8 Å². The number of anilines is 1. The third-order valence-electron chi connectivity index (χ3n) is 5.39. The van der Waals surface area contributed by atoms with Gasteiger partial charge in [-0.2, -0.15) is 0 Å². The number of thiophene rings is 1. The number of amides is 1. The van der Waals surface area contributed by atoms with Gasteiger partial charge >= 0.3 is 5.97 Å². The van der Waals surface area contributed by atoms with E-state index in [9.17, 15) is 9.59 Å². The number of esters is 1. The zero-order valence-electron chi connectivity index (χ0n) is 17.8. The molecule has 3 rings (SSSR count). The first-order chi connectivity index (χ1) is 13.8. The normalized spacial score (nSPS) is 15.7. The molecule has 0 fully saturated rings. The summed E-state index contributed by atoms with van der Waals surface area (Å²) in [5.41, 5.74) is 3.94. The zero-order chi connectivity index (χ0) is 21.1. The molecule has 1 aliphatic rings. The van der Waals surface area contributed by atoms with Gasteiger partial charge in [0, 0.05) is 4.88 Å². The van der Waals surface area contributed by atoms with Gasteiger partial charge < -0.3 is 14.8 Å². The molecule has 1 amide bonds. The molecule has 1 aromatic carbocycles. The molecule has 0 radical (unpaired) electrons. The minimum atomic E-state index is -0.395. The van der Waals surface area contributed by atoms with Crippen molar-refractivity contribution >= 4 is 28.2 Å².